The summed E-state index contributed by atoms with van der Waals surface area (Å²) in [6.07, 6.45) is 3.40. The molecule has 4 heteroatoms. The Bertz CT molecular complexity index is 346. The second kappa shape index (κ2) is 7.19. The van der Waals surface area contributed by atoms with Crippen molar-refractivity contribution in [2.75, 3.05) is 19.6 Å². The first kappa shape index (κ1) is 12.9. The Morgan fingerprint density at radius 3 is 2.75 bits per heavy atom. The van der Waals surface area contributed by atoms with Gasteiger partial charge in [-0.05, 0) is 12.5 Å². The number of nitrogens with one attached hydrogen (secondary N) is 3. The highest BCUT2D eigenvalue weighted by Crippen LogP contribution is 1.87. The van der Waals surface area contributed by atoms with Gasteiger partial charge in [-0.3, -0.25) is 4.79 Å². The number of hydrogen-bond donors (Lipinski definition) is 3. The number of aromatic amines is 1. The van der Waals surface area contributed by atoms with Gasteiger partial charge in [-0.25, -0.2) is 0 Å². The largest absolute Gasteiger partial charge is 0.367 e. The SMILES string of the molecule is CC(C)CNCCNCc1c[nH]ccc1=O. The number of rotatable bonds is 7. The highest BCUT2D eigenvalue weighted by Gasteiger charge is 1.97. The van der Waals surface area contributed by atoms with E-state index >= 15 is 0 Å². The maximum atomic E-state index is 11.4. The normalized spacial score (nSPS) is 10.9. The smallest absolute Gasteiger partial charge is 0.186 e. The van der Waals surface area contributed by atoms with Crippen LogP contribution in [-0.4, -0.2) is 24.6 Å². The van der Waals surface area contributed by atoms with E-state index in [4.69, 9.17) is 0 Å². The van der Waals surface area contributed by atoms with Crippen molar-refractivity contribution in [3.63, 3.8) is 0 Å². The third kappa shape index (κ3) is 5.09. The summed E-state index contributed by atoms with van der Waals surface area (Å²) in [5.74, 6) is 0.678. The molecule has 0 spiro atoms. The summed E-state index contributed by atoms with van der Waals surface area (Å²) < 4.78 is 0. The molecule has 0 fully saturated rings. The molecule has 0 atom stereocenters. The molecule has 0 aliphatic heterocycles. The van der Waals surface area contributed by atoms with E-state index in [-0.39, 0.29) is 5.43 Å². The van der Waals surface area contributed by atoms with E-state index in [2.05, 4.69) is 29.5 Å². The predicted molar refractivity (Wildman–Crippen MR) is 66.5 cm³/mol. The van der Waals surface area contributed by atoms with Crippen molar-refractivity contribution < 1.29 is 0 Å². The topological polar surface area (TPSA) is 56.9 Å². The van der Waals surface area contributed by atoms with Gasteiger partial charge in [0.2, 0.25) is 0 Å². The van der Waals surface area contributed by atoms with Crippen molar-refractivity contribution in [1.29, 1.82) is 0 Å². The Morgan fingerprint density at radius 2 is 2.06 bits per heavy atom. The van der Waals surface area contributed by atoms with Crippen LogP contribution in [-0.2, 0) is 6.54 Å². The zero-order valence-electron chi connectivity index (χ0n) is 10.0. The fourth-order valence-corrected chi connectivity index (χ4v) is 1.38. The first-order chi connectivity index (χ1) is 7.70. The average molecular weight is 223 g/mol. The minimum absolute atomic E-state index is 0.0846. The summed E-state index contributed by atoms with van der Waals surface area (Å²) in [7, 11) is 0. The van der Waals surface area contributed by atoms with Gasteiger partial charge in [-0.1, -0.05) is 13.8 Å². The summed E-state index contributed by atoms with van der Waals surface area (Å²) in [5, 5.41) is 6.57. The molecular weight excluding hydrogens is 202 g/mol. The summed E-state index contributed by atoms with van der Waals surface area (Å²) in [5.41, 5.74) is 0.868. The zero-order chi connectivity index (χ0) is 11.8. The van der Waals surface area contributed by atoms with Crippen LogP contribution in [0.4, 0.5) is 0 Å². The van der Waals surface area contributed by atoms with E-state index in [1.807, 2.05) is 0 Å². The van der Waals surface area contributed by atoms with E-state index in [9.17, 15) is 4.79 Å². The molecule has 1 heterocycles. The van der Waals surface area contributed by atoms with E-state index in [0.29, 0.717) is 12.5 Å². The maximum absolute atomic E-state index is 11.4. The van der Waals surface area contributed by atoms with Gasteiger partial charge < -0.3 is 15.6 Å². The fraction of sp³-hybridized carbons (Fsp3) is 0.583. The highest BCUT2D eigenvalue weighted by atomic mass is 16.1. The first-order valence-corrected chi connectivity index (χ1v) is 5.77. The lowest BCUT2D eigenvalue weighted by molar-refractivity contribution is 0.535. The van der Waals surface area contributed by atoms with Crippen molar-refractivity contribution >= 4 is 0 Å². The molecule has 0 radical (unpaired) electrons. The molecular formula is C12H21N3O. The molecule has 1 aromatic rings. The van der Waals surface area contributed by atoms with Gasteiger partial charge in [0.25, 0.3) is 0 Å². The molecule has 16 heavy (non-hydrogen) atoms. The van der Waals surface area contributed by atoms with Crippen LogP contribution >= 0.6 is 0 Å². The molecule has 0 unspecified atom stereocenters. The fourth-order valence-electron chi connectivity index (χ4n) is 1.38. The van der Waals surface area contributed by atoms with Crippen LogP contribution in [0.5, 0.6) is 0 Å². The number of hydrogen-bond acceptors (Lipinski definition) is 3. The van der Waals surface area contributed by atoms with Crippen LogP contribution in [0.15, 0.2) is 23.3 Å². The molecule has 0 amide bonds. The lowest BCUT2D eigenvalue weighted by Crippen LogP contribution is -2.30. The van der Waals surface area contributed by atoms with Crippen LogP contribution in [0.1, 0.15) is 19.4 Å². The van der Waals surface area contributed by atoms with Crippen molar-refractivity contribution in [3.8, 4) is 0 Å². The van der Waals surface area contributed by atoms with Crippen LogP contribution in [0, 0.1) is 5.92 Å². The minimum Gasteiger partial charge on any atom is -0.367 e. The Balaban J connectivity index is 2.12. The highest BCUT2D eigenvalue weighted by molar-refractivity contribution is 5.08. The van der Waals surface area contributed by atoms with Gasteiger partial charge in [0.1, 0.15) is 0 Å². The second-order valence-electron chi connectivity index (χ2n) is 4.31. The molecule has 1 aromatic heterocycles. The van der Waals surface area contributed by atoms with E-state index in [0.717, 1.165) is 25.2 Å². The van der Waals surface area contributed by atoms with Crippen LogP contribution < -0.4 is 16.1 Å². The van der Waals surface area contributed by atoms with Crippen LogP contribution in [0.25, 0.3) is 0 Å². The molecule has 1 rings (SSSR count). The molecule has 0 aliphatic rings. The molecule has 0 bridgehead atoms. The Kier molecular flexibility index (Phi) is 5.82. The summed E-state index contributed by atoms with van der Waals surface area (Å²) in [6.45, 7) is 7.84. The number of pyridine rings is 1. The Labute approximate surface area is 96.5 Å². The minimum atomic E-state index is 0.0846. The number of H-pyrrole nitrogens is 1. The molecule has 4 nitrogen and oxygen atoms in total. The van der Waals surface area contributed by atoms with Crippen molar-refractivity contribution in [2.45, 2.75) is 20.4 Å². The van der Waals surface area contributed by atoms with Crippen LogP contribution in [0.2, 0.25) is 0 Å². The molecule has 90 valence electrons. The van der Waals surface area contributed by atoms with E-state index in [1.165, 1.54) is 0 Å². The molecule has 3 N–H and O–H groups in total. The van der Waals surface area contributed by atoms with Crippen molar-refractivity contribution in [2.24, 2.45) is 5.92 Å². The summed E-state index contributed by atoms with van der Waals surface area (Å²) >= 11 is 0. The maximum Gasteiger partial charge on any atom is 0.186 e. The predicted octanol–water partition coefficient (Wildman–Crippen LogP) is 0.710. The molecule has 0 saturated heterocycles. The molecule has 0 aliphatic carbocycles. The lowest BCUT2D eigenvalue weighted by atomic mass is 10.2. The van der Waals surface area contributed by atoms with Gasteiger partial charge in [-0.2, -0.15) is 0 Å². The molecule has 0 aromatic carbocycles. The van der Waals surface area contributed by atoms with Gasteiger partial charge in [-0.15, -0.1) is 0 Å². The first-order valence-electron chi connectivity index (χ1n) is 5.77. The van der Waals surface area contributed by atoms with Gasteiger partial charge in [0.05, 0.1) is 0 Å². The third-order valence-corrected chi connectivity index (χ3v) is 2.25. The third-order valence-electron chi connectivity index (χ3n) is 2.25. The van der Waals surface area contributed by atoms with Gasteiger partial charge in [0.15, 0.2) is 5.43 Å². The summed E-state index contributed by atoms with van der Waals surface area (Å²) in [4.78, 5) is 14.3. The zero-order valence-corrected chi connectivity index (χ0v) is 10.0. The van der Waals surface area contributed by atoms with Crippen molar-refractivity contribution in [1.82, 2.24) is 15.6 Å². The van der Waals surface area contributed by atoms with Crippen LogP contribution in [0.3, 0.4) is 0 Å². The standard InChI is InChI=1S/C12H21N3O/c1-10(2)7-14-5-6-15-9-11-8-13-4-3-12(11)16/h3-4,8,10,14-15H,5-7,9H2,1-2H3,(H,13,16). The summed E-state index contributed by atoms with van der Waals surface area (Å²) in [6, 6.07) is 1.55. The Hall–Kier alpha value is -1.13. The van der Waals surface area contributed by atoms with E-state index < -0.39 is 0 Å². The lowest BCUT2D eigenvalue weighted by Gasteiger charge is -2.08. The average Bonchev–Trinajstić information content (AvgIpc) is 2.25. The van der Waals surface area contributed by atoms with E-state index in [1.54, 1.807) is 18.5 Å². The second-order valence-corrected chi connectivity index (χ2v) is 4.31. The van der Waals surface area contributed by atoms with Gasteiger partial charge in [0, 0.05) is 43.7 Å². The molecule has 0 saturated carbocycles. The van der Waals surface area contributed by atoms with Crippen molar-refractivity contribution in [3.05, 3.63) is 34.2 Å². The van der Waals surface area contributed by atoms with Gasteiger partial charge >= 0.3 is 0 Å². The number of aromatic nitrogens is 1. The monoisotopic (exact) mass is 223 g/mol. The quantitative estimate of drug-likeness (QED) is 0.597. The Morgan fingerprint density at radius 1 is 1.31 bits per heavy atom.